The third kappa shape index (κ3) is 6.31. The van der Waals surface area contributed by atoms with E-state index in [2.05, 4.69) is 4.98 Å². The minimum atomic E-state index is -0.314. The number of nitrogens with zero attached hydrogens (tertiary/aromatic N) is 2. The lowest BCUT2D eigenvalue weighted by molar-refractivity contribution is 0.00401. The van der Waals surface area contributed by atoms with Crippen LogP contribution in [-0.2, 0) is 4.74 Å². The summed E-state index contributed by atoms with van der Waals surface area (Å²) in [4.78, 5) is 18.2. The van der Waals surface area contributed by atoms with E-state index in [1.165, 1.54) is 0 Å². The van der Waals surface area contributed by atoms with Crippen LogP contribution in [0.2, 0.25) is 0 Å². The van der Waals surface area contributed by atoms with Gasteiger partial charge < -0.3 is 19.5 Å². The van der Waals surface area contributed by atoms with Crippen LogP contribution in [0, 0.1) is 0 Å². The van der Waals surface area contributed by atoms with E-state index in [1.807, 2.05) is 79.7 Å². The molecule has 0 spiro atoms. The molecule has 6 nitrogen and oxygen atoms in total. The number of methoxy groups -OCH3 is 1. The van der Waals surface area contributed by atoms with E-state index >= 15 is 0 Å². The fourth-order valence-electron chi connectivity index (χ4n) is 3.53. The van der Waals surface area contributed by atoms with Gasteiger partial charge in [0.05, 0.1) is 13.2 Å². The number of aliphatic hydroxyl groups is 1. The largest absolute Gasteiger partial charge is 0.481 e. The predicted octanol–water partition coefficient (Wildman–Crippen LogP) is 5.10. The monoisotopic (exact) mass is 434 g/mol. The highest BCUT2D eigenvalue weighted by Crippen LogP contribution is 2.28. The molecule has 2 atom stereocenters. The van der Waals surface area contributed by atoms with E-state index in [0.717, 1.165) is 23.1 Å². The molecular weight excluding hydrogens is 404 g/mol. The highest BCUT2D eigenvalue weighted by atomic mass is 16.6. The minimum Gasteiger partial charge on any atom is -0.481 e. The Hall–Kier alpha value is -3.38. The first-order valence-corrected chi connectivity index (χ1v) is 10.8. The predicted molar refractivity (Wildman–Crippen MR) is 124 cm³/mol. The van der Waals surface area contributed by atoms with Gasteiger partial charge in [0.2, 0.25) is 5.88 Å². The second-order valence-electron chi connectivity index (χ2n) is 7.54. The van der Waals surface area contributed by atoms with Crippen LogP contribution in [0.1, 0.15) is 31.4 Å². The molecular formula is C26H30N2O4. The van der Waals surface area contributed by atoms with E-state index in [4.69, 9.17) is 14.6 Å². The molecule has 0 aliphatic carbocycles. The third-order valence-corrected chi connectivity index (χ3v) is 5.45. The Kier molecular flexibility index (Phi) is 8.63. The Morgan fingerprint density at radius 3 is 2.19 bits per heavy atom. The van der Waals surface area contributed by atoms with Gasteiger partial charge in [-0.15, -0.1) is 0 Å². The topological polar surface area (TPSA) is 71.9 Å². The zero-order valence-corrected chi connectivity index (χ0v) is 18.6. The lowest BCUT2D eigenvalue weighted by Gasteiger charge is -2.35. The van der Waals surface area contributed by atoms with Crippen LogP contribution >= 0.6 is 0 Å². The van der Waals surface area contributed by atoms with Crippen molar-refractivity contribution in [3.05, 3.63) is 84.6 Å². The van der Waals surface area contributed by atoms with Crippen LogP contribution < -0.4 is 4.74 Å². The number of rotatable bonds is 6. The van der Waals surface area contributed by atoms with Gasteiger partial charge in [-0.05, 0) is 24.1 Å². The Morgan fingerprint density at radius 2 is 1.69 bits per heavy atom. The molecule has 3 aromatic rings. The summed E-state index contributed by atoms with van der Waals surface area (Å²) >= 11 is 0. The normalized spacial score (nSPS) is 16.4. The quantitative estimate of drug-likeness (QED) is 0.585. The van der Waals surface area contributed by atoms with Crippen molar-refractivity contribution in [2.45, 2.75) is 31.9 Å². The Morgan fingerprint density at radius 1 is 1.06 bits per heavy atom. The summed E-state index contributed by atoms with van der Waals surface area (Å²) < 4.78 is 10.5. The number of hydrogen-bond donors (Lipinski definition) is 1. The van der Waals surface area contributed by atoms with Crippen molar-refractivity contribution in [1.29, 1.82) is 0 Å². The number of amides is 1. The van der Waals surface area contributed by atoms with Crippen molar-refractivity contribution in [2.75, 3.05) is 20.3 Å². The minimum absolute atomic E-state index is 0.0369. The molecule has 1 saturated heterocycles. The van der Waals surface area contributed by atoms with Crippen molar-refractivity contribution in [2.24, 2.45) is 0 Å². The smallest absolute Gasteiger partial charge is 0.410 e. The molecule has 1 aliphatic rings. The second-order valence-corrected chi connectivity index (χ2v) is 7.54. The molecule has 32 heavy (non-hydrogen) atoms. The van der Waals surface area contributed by atoms with Gasteiger partial charge in [-0.2, -0.15) is 0 Å². The Balaban J connectivity index is 0.000000416. The molecule has 0 saturated carbocycles. The summed E-state index contributed by atoms with van der Waals surface area (Å²) in [6.07, 6.45) is 2.53. The van der Waals surface area contributed by atoms with Gasteiger partial charge in [-0.25, -0.2) is 9.78 Å². The summed E-state index contributed by atoms with van der Waals surface area (Å²) in [5, 5.41) is 8.99. The molecule has 1 N–H and O–H groups in total. The van der Waals surface area contributed by atoms with Gasteiger partial charge in [0.1, 0.15) is 6.10 Å². The maximum absolute atomic E-state index is 12.2. The number of ether oxygens (including phenoxy) is 2. The molecule has 1 amide bonds. The van der Waals surface area contributed by atoms with Crippen LogP contribution in [0.5, 0.6) is 5.88 Å². The highest BCUT2D eigenvalue weighted by Gasteiger charge is 2.30. The van der Waals surface area contributed by atoms with Crippen molar-refractivity contribution in [1.82, 2.24) is 9.88 Å². The van der Waals surface area contributed by atoms with E-state index < -0.39 is 0 Å². The molecule has 1 aromatic heterocycles. The van der Waals surface area contributed by atoms with Crippen LogP contribution in [-0.4, -0.2) is 47.4 Å². The first-order chi connectivity index (χ1) is 15.6. The molecule has 168 valence electrons. The van der Waals surface area contributed by atoms with Crippen molar-refractivity contribution in [3.8, 4) is 17.0 Å². The van der Waals surface area contributed by atoms with Crippen LogP contribution in [0.15, 0.2) is 79.0 Å². The summed E-state index contributed by atoms with van der Waals surface area (Å²) in [5.41, 5.74) is 3.11. The van der Waals surface area contributed by atoms with Crippen LogP contribution in [0.25, 0.3) is 11.1 Å². The van der Waals surface area contributed by atoms with E-state index in [9.17, 15) is 4.79 Å². The van der Waals surface area contributed by atoms with E-state index in [1.54, 1.807) is 18.2 Å². The number of aromatic nitrogens is 1. The van der Waals surface area contributed by atoms with Gasteiger partial charge in [0, 0.05) is 43.8 Å². The highest BCUT2D eigenvalue weighted by molar-refractivity contribution is 5.69. The summed E-state index contributed by atoms with van der Waals surface area (Å²) in [5.74, 6) is 0.585. The fourth-order valence-corrected chi connectivity index (χ4v) is 3.53. The van der Waals surface area contributed by atoms with Crippen molar-refractivity contribution < 1.29 is 19.4 Å². The maximum atomic E-state index is 12.2. The molecule has 2 heterocycles. The number of hydrogen-bond acceptors (Lipinski definition) is 5. The van der Waals surface area contributed by atoms with Crippen molar-refractivity contribution in [3.63, 3.8) is 0 Å². The lowest BCUT2D eigenvalue weighted by atomic mass is 10.0. The Labute approximate surface area is 189 Å². The van der Waals surface area contributed by atoms with Gasteiger partial charge in [0.25, 0.3) is 0 Å². The molecule has 4 rings (SSSR count). The number of cyclic esters (lactones) is 1. The molecule has 1 fully saturated rings. The molecule has 1 aliphatic heterocycles. The van der Waals surface area contributed by atoms with Crippen molar-refractivity contribution >= 4 is 6.09 Å². The number of carbonyl (C=O) groups is 1. The summed E-state index contributed by atoms with van der Waals surface area (Å²) in [7, 11) is 1.59. The number of pyridine rings is 1. The molecule has 0 radical (unpaired) electrons. The fraction of sp³-hybridized carbons (Fsp3) is 0.308. The first kappa shape index (κ1) is 23.3. The van der Waals surface area contributed by atoms with Gasteiger partial charge >= 0.3 is 6.09 Å². The number of carbonyl (C=O) groups excluding carboxylic acids is 1. The number of benzene rings is 2. The third-order valence-electron chi connectivity index (χ3n) is 5.45. The first-order valence-electron chi connectivity index (χ1n) is 10.8. The number of aliphatic hydroxyl groups excluding tert-OH is 1. The van der Waals surface area contributed by atoms with Crippen LogP contribution in [0.3, 0.4) is 0 Å². The lowest BCUT2D eigenvalue weighted by Crippen LogP contribution is -2.43. The maximum Gasteiger partial charge on any atom is 0.410 e. The van der Waals surface area contributed by atoms with E-state index in [-0.39, 0.29) is 24.8 Å². The standard InChI is InChI=1S/C20H24N2O4.C6H6/c1-14(22-11-9-18(10-12-23)26-20(22)24)15-3-5-16(6-4-15)17-7-8-19(25-2)21-13-17;1-2-4-6-5-3-1/h3-8,13-14,18,23H,9-12H2,1-2H3;1-6H. The summed E-state index contributed by atoms with van der Waals surface area (Å²) in [6.45, 7) is 2.67. The molecule has 0 bridgehead atoms. The SMILES string of the molecule is COc1ccc(-c2ccc(C(C)N3CCC(CCO)OC3=O)cc2)cn1.c1ccccc1. The zero-order valence-electron chi connectivity index (χ0n) is 18.6. The average molecular weight is 435 g/mol. The van der Waals surface area contributed by atoms with Crippen LogP contribution in [0.4, 0.5) is 4.79 Å². The summed E-state index contributed by atoms with van der Waals surface area (Å²) in [6, 6.07) is 23.8. The Bertz CT molecular complexity index is 919. The second kappa shape index (κ2) is 11.9. The molecule has 2 unspecified atom stereocenters. The zero-order chi connectivity index (χ0) is 22.8. The average Bonchev–Trinajstić information content (AvgIpc) is 2.86. The van der Waals surface area contributed by atoms with Gasteiger partial charge in [-0.3, -0.25) is 0 Å². The van der Waals surface area contributed by atoms with E-state index in [0.29, 0.717) is 18.8 Å². The van der Waals surface area contributed by atoms with Gasteiger partial charge in [0.15, 0.2) is 0 Å². The van der Waals surface area contributed by atoms with Gasteiger partial charge in [-0.1, -0.05) is 60.7 Å². The molecule has 6 heteroatoms. The molecule has 2 aromatic carbocycles.